The maximum Gasteiger partial charge on any atom is 0.242 e. The van der Waals surface area contributed by atoms with Crippen molar-refractivity contribution in [2.45, 2.75) is 20.8 Å². The molecule has 1 amide bonds. The highest BCUT2D eigenvalue weighted by Crippen LogP contribution is 2.24. The maximum absolute atomic E-state index is 11.8. The molecule has 0 spiro atoms. The number of hydrogen-bond acceptors (Lipinski definition) is 6. The monoisotopic (exact) mass is 267 g/mol. The first-order valence-electron chi connectivity index (χ1n) is 6.38. The van der Waals surface area contributed by atoms with Gasteiger partial charge in [-0.2, -0.15) is 4.98 Å². The van der Waals surface area contributed by atoms with Crippen molar-refractivity contribution in [1.82, 2.24) is 14.9 Å². The lowest BCUT2D eigenvalue weighted by molar-refractivity contribution is -0.128. The van der Waals surface area contributed by atoms with Crippen LogP contribution >= 0.6 is 0 Å². The van der Waals surface area contributed by atoms with Crippen LogP contribution in [-0.2, 0) is 4.79 Å². The number of nitrogen functional groups attached to an aromatic ring is 1. The Balaban J connectivity index is 2.67. The van der Waals surface area contributed by atoms with Crippen molar-refractivity contribution in [2.24, 2.45) is 0 Å². The predicted octanol–water partition coefficient (Wildman–Crippen LogP) is 0.738. The summed E-state index contributed by atoms with van der Waals surface area (Å²) >= 11 is 0. The standard InChI is InChI=1S/C12H21N5O2/c1-4-17(5-2)9(18)7-14-11-10(13)12(19-6-3)16-8-15-11/h8H,4-7,13H2,1-3H3,(H,14,15,16). The number of hydrogen-bond donors (Lipinski definition) is 2. The molecule has 0 aliphatic carbocycles. The zero-order valence-electron chi connectivity index (χ0n) is 11.6. The molecule has 106 valence electrons. The summed E-state index contributed by atoms with van der Waals surface area (Å²) in [5, 5.41) is 2.91. The van der Waals surface area contributed by atoms with Crippen LogP contribution in [0.4, 0.5) is 11.5 Å². The number of nitrogens with one attached hydrogen (secondary N) is 1. The lowest BCUT2D eigenvalue weighted by Crippen LogP contribution is -2.35. The molecule has 0 atom stereocenters. The van der Waals surface area contributed by atoms with E-state index >= 15 is 0 Å². The van der Waals surface area contributed by atoms with Gasteiger partial charge in [0.1, 0.15) is 12.0 Å². The Hall–Kier alpha value is -2.05. The highest BCUT2D eigenvalue weighted by Gasteiger charge is 2.12. The topological polar surface area (TPSA) is 93.4 Å². The third-order valence-electron chi connectivity index (χ3n) is 2.65. The molecule has 0 fully saturated rings. The number of amides is 1. The van der Waals surface area contributed by atoms with Gasteiger partial charge in [-0.25, -0.2) is 4.98 Å². The Morgan fingerprint density at radius 3 is 2.63 bits per heavy atom. The number of rotatable bonds is 7. The second-order valence-electron chi connectivity index (χ2n) is 3.79. The number of carbonyl (C=O) groups is 1. The maximum atomic E-state index is 11.8. The minimum atomic E-state index is 0.000900. The van der Waals surface area contributed by atoms with Crippen LogP contribution in [0.3, 0.4) is 0 Å². The van der Waals surface area contributed by atoms with Crippen LogP contribution in [0.15, 0.2) is 6.33 Å². The lowest BCUT2D eigenvalue weighted by atomic mass is 10.4. The van der Waals surface area contributed by atoms with Gasteiger partial charge in [-0.3, -0.25) is 4.79 Å². The van der Waals surface area contributed by atoms with Gasteiger partial charge in [0, 0.05) is 13.1 Å². The Bertz CT molecular complexity index is 421. The summed E-state index contributed by atoms with van der Waals surface area (Å²) in [4.78, 5) is 21.5. The number of aromatic nitrogens is 2. The first-order chi connectivity index (χ1) is 9.13. The summed E-state index contributed by atoms with van der Waals surface area (Å²) in [7, 11) is 0. The highest BCUT2D eigenvalue weighted by atomic mass is 16.5. The van der Waals surface area contributed by atoms with E-state index in [9.17, 15) is 4.79 Å². The van der Waals surface area contributed by atoms with Crippen molar-refractivity contribution >= 4 is 17.4 Å². The molecule has 0 saturated heterocycles. The second kappa shape index (κ2) is 7.40. The summed E-state index contributed by atoms with van der Waals surface area (Å²) in [6.45, 7) is 7.70. The van der Waals surface area contributed by atoms with Crippen molar-refractivity contribution in [1.29, 1.82) is 0 Å². The van der Waals surface area contributed by atoms with E-state index in [0.29, 0.717) is 37.1 Å². The van der Waals surface area contributed by atoms with Crippen LogP contribution in [0.1, 0.15) is 20.8 Å². The van der Waals surface area contributed by atoms with E-state index in [4.69, 9.17) is 10.5 Å². The zero-order valence-corrected chi connectivity index (χ0v) is 11.6. The van der Waals surface area contributed by atoms with E-state index in [1.54, 1.807) is 4.90 Å². The first-order valence-corrected chi connectivity index (χ1v) is 6.38. The van der Waals surface area contributed by atoms with Crippen LogP contribution in [-0.4, -0.2) is 47.0 Å². The Labute approximate surface area is 113 Å². The van der Waals surface area contributed by atoms with Crippen LogP contribution in [0.5, 0.6) is 5.88 Å². The van der Waals surface area contributed by atoms with Crippen LogP contribution in [0.25, 0.3) is 0 Å². The molecule has 0 aliphatic rings. The average Bonchev–Trinajstić information content (AvgIpc) is 2.41. The molecular formula is C12H21N5O2. The zero-order chi connectivity index (χ0) is 14.3. The Morgan fingerprint density at radius 2 is 2.05 bits per heavy atom. The summed E-state index contributed by atoms with van der Waals surface area (Å²) in [6.07, 6.45) is 1.35. The fourth-order valence-corrected chi connectivity index (χ4v) is 1.62. The summed E-state index contributed by atoms with van der Waals surface area (Å²) in [6, 6.07) is 0. The normalized spacial score (nSPS) is 10.1. The molecule has 19 heavy (non-hydrogen) atoms. The molecule has 0 radical (unpaired) electrons. The van der Waals surface area contributed by atoms with Crippen molar-refractivity contribution in [3.05, 3.63) is 6.33 Å². The van der Waals surface area contributed by atoms with Gasteiger partial charge in [-0.1, -0.05) is 0 Å². The summed E-state index contributed by atoms with van der Waals surface area (Å²) in [5.74, 6) is 0.746. The molecule has 1 aromatic heterocycles. The molecule has 7 heteroatoms. The van der Waals surface area contributed by atoms with Crippen molar-refractivity contribution in [3.63, 3.8) is 0 Å². The molecule has 3 N–H and O–H groups in total. The van der Waals surface area contributed by atoms with Gasteiger partial charge in [0.2, 0.25) is 11.8 Å². The van der Waals surface area contributed by atoms with Gasteiger partial charge in [0.25, 0.3) is 0 Å². The van der Waals surface area contributed by atoms with Gasteiger partial charge in [-0.15, -0.1) is 0 Å². The van der Waals surface area contributed by atoms with Crippen molar-refractivity contribution in [2.75, 3.05) is 37.3 Å². The number of ether oxygens (including phenoxy) is 1. The van der Waals surface area contributed by atoms with E-state index < -0.39 is 0 Å². The van der Waals surface area contributed by atoms with E-state index in [-0.39, 0.29) is 12.5 Å². The minimum Gasteiger partial charge on any atom is -0.476 e. The van der Waals surface area contributed by atoms with E-state index in [0.717, 1.165) is 0 Å². The van der Waals surface area contributed by atoms with E-state index in [1.807, 2.05) is 20.8 Å². The van der Waals surface area contributed by atoms with Gasteiger partial charge in [0.05, 0.1) is 13.2 Å². The third kappa shape index (κ3) is 3.97. The first kappa shape index (κ1) is 15.0. The molecular weight excluding hydrogens is 246 g/mol. The minimum absolute atomic E-state index is 0.000900. The van der Waals surface area contributed by atoms with Gasteiger partial charge in [-0.05, 0) is 20.8 Å². The van der Waals surface area contributed by atoms with Crippen LogP contribution in [0.2, 0.25) is 0 Å². The largest absolute Gasteiger partial charge is 0.476 e. The summed E-state index contributed by atoms with van der Waals surface area (Å²) < 4.78 is 5.26. The van der Waals surface area contributed by atoms with Gasteiger partial charge < -0.3 is 20.7 Å². The van der Waals surface area contributed by atoms with Crippen molar-refractivity contribution < 1.29 is 9.53 Å². The van der Waals surface area contributed by atoms with E-state index in [1.165, 1.54) is 6.33 Å². The highest BCUT2D eigenvalue weighted by molar-refractivity contribution is 5.82. The van der Waals surface area contributed by atoms with Crippen molar-refractivity contribution in [3.8, 4) is 5.88 Å². The number of likely N-dealkylation sites (N-methyl/N-ethyl adjacent to an activating group) is 1. The quantitative estimate of drug-likeness (QED) is 0.756. The molecule has 0 bridgehead atoms. The number of carbonyl (C=O) groups excluding carboxylic acids is 1. The number of anilines is 2. The second-order valence-corrected chi connectivity index (χ2v) is 3.79. The SMILES string of the molecule is CCOc1ncnc(NCC(=O)N(CC)CC)c1N. The number of nitrogens with zero attached hydrogens (tertiary/aromatic N) is 3. The smallest absolute Gasteiger partial charge is 0.242 e. The molecule has 0 unspecified atom stereocenters. The molecule has 1 rings (SSSR count). The molecule has 0 aromatic carbocycles. The molecule has 0 aliphatic heterocycles. The summed E-state index contributed by atoms with van der Waals surface area (Å²) in [5.41, 5.74) is 6.18. The third-order valence-corrected chi connectivity index (χ3v) is 2.65. The van der Waals surface area contributed by atoms with Crippen LogP contribution in [0, 0.1) is 0 Å². The molecule has 7 nitrogen and oxygen atoms in total. The fraction of sp³-hybridized carbons (Fsp3) is 0.583. The van der Waals surface area contributed by atoms with Gasteiger partial charge >= 0.3 is 0 Å². The molecule has 1 aromatic rings. The predicted molar refractivity (Wildman–Crippen MR) is 74.0 cm³/mol. The van der Waals surface area contributed by atoms with Crippen LogP contribution < -0.4 is 15.8 Å². The van der Waals surface area contributed by atoms with E-state index in [2.05, 4.69) is 15.3 Å². The van der Waals surface area contributed by atoms with Gasteiger partial charge in [0.15, 0.2) is 5.82 Å². The Morgan fingerprint density at radius 1 is 1.37 bits per heavy atom. The number of nitrogens with two attached hydrogens (primary N) is 1. The molecule has 0 saturated carbocycles. The molecule has 1 heterocycles. The lowest BCUT2D eigenvalue weighted by Gasteiger charge is -2.19. The Kier molecular flexibility index (Phi) is 5.84. The fourth-order valence-electron chi connectivity index (χ4n) is 1.62. The average molecular weight is 267 g/mol.